The van der Waals surface area contributed by atoms with Crippen LogP contribution in [-0.4, -0.2) is 24.5 Å². The summed E-state index contributed by atoms with van der Waals surface area (Å²) in [5.74, 6) is -0.185. The van der Waals surface area contributed by atoms with E-state index in [0.717, 1.165) is 0 Å². The lowest BCUT2D eigenvalue weighted by Gasteiger charge is -2.17. The smallest absolute Gasteiger partial charge is 0.241 e. The Morgan fingerprint density at radius 2 is 1.95 bits per heavy atom. The zero-order chi connectivity index (χ0) is 15.1. The fourth-order valence-electron chi connectivity index (χ4n) is 1.48. The Bertz CT molecular complexity index is 474. The number of carbonyl (C=O) groups excluding carboxylic acids is 2. The van der Waals surface area contributed by atoms with E-state index in [-0.39, 0.29) is 24.9 Å². The van der Waals surface area contributed by atoms with Gasteiger partial charge in [-0.05, 0) is 18.1 Å². The maximum Gasteiger partial charge on any atom is 0.241 e. The van der Waals surface area contributed by atoms with Crippen molar-refractivity contribution < 1.29 is 14.3 Å². The van der Waals surface area contributed by atoms with Crippen molar-refractivity contribution in [3.63, 3.8) is 0 Å². The number of carbonyl (C=O) groups is 2. The van der Waals surface area contributed by atoms with Gasteiger partial charge in [0, 0.05) is 0 Å². The molecule has 0 aliphatic carbocycles. The molecule has 5 N–H and O–H groups in total. The SMILES string of the molecule is CC(C)C(N)C(=O)Nc1ccccc1OCCC(N)=O. The minimum atomic E-state index is -0.589. The molecule has 0 heterocycles. The summed E-state index contributed by atoms with van der Waals surface area (Å²) in [6.45, 7) is 3.91. The third kappa shape index (κ3) is 4.89. The first-order valence-corrected chi connectivity index (χ1v) is 6.48. The van der Waals surface area contributed by atoms with Crippen LogP contribution in [0.2, 0.25) is 0 Å². The van der Waals surface area contributed by atoms with Gasteiger partial charge >= 0.3 is 0 Å². The van der Waals surface area contributed by atoms with E-state index in [1.165, 1.54) is 0 Å². The van der Waals surface area contributed by atoms with Crippen LogP contribution in [0.15, 0.2) is 24.3 Å². The molecule has 0 radical (unpaired) electrons. The van der Waals surface area contributed by atoms with Crippen molar-refractivity contribution in [3.8, 4) is 5.75 Å². The highest BCUT2D eigenvalue weighted by molar-refractivity contribution is 5.96. The highest BCUT2D eigenvalue weighted by Gasteiger charge is 2.18. The first-order valence-electron chi connectivity index (χ1n) is 6.48. The molecular formula is C14H21N3O3. The monoisotopic (exact) mass is 279 g/mol. The summed E-state index contributed by atoms with van der Waals surface area (Å²) >= 11 is 0. The molecule has 0 spiro atoms. The van der Waals surface area contributed by atoms with Gasteiger partial charge in [-0.1, -0.05) is 26.0 Å². The van der Waals surface area contributed by atoms with Crippen molar-refractivity contribution in [1.29, 1.82) is 0 Å². The number of amides is 2. The van der Waals surface area contributed by atoms with Gasteiger partial charge in [-0.25, -0.2) is 0 Å². The molecule has 6 nitrogen and oxygen atoms in total. The third-order valence-corrected chi connectivity index (χ3v) is 2.77. The molecule has 1 atom stereocenters. The highest BCUT2D eigenvalue weighted by Crippen LogP contribution is 2.24. The lowest BCUT2D eigenvalue weighted by atomic mass is 10.0. The zero-order valence-electron chi connectivity index (χ0n) is 11.8. The molecular weight excluding hydrogens is 258 g/mol. The number of hydrogen-bond donors (Lipinski definition) is 3. The molecule has 20 heavy (non-hydrogen) atoms. The molecule has 110 valence electrons. The van der Waals surface area contributed by atoms with Crippen LogP contribution in [0.5, 0.6) is 5.75 Å². The molecule has 0 aromatic heterocycles. The molecule has 6 heteroatoms. The molecule has 0 aliphatic rings. The number of primary amides is 1. The topological polar surface area (TPSA) is 107 Å². The molecule has 0 saturated carbocycles. The second-order valence-corrected chi connectivity index (χ2v) is 4.82. The highest BCUT2D eigenvalue weighted by atomic mass is 16.5. The predicted molar refractivity (Wildman–Crippen MR) is 77.2 cm³/mol. The van der Waals surface area contributed by atoms with Crippen molar-refractivity contribution in [3.05, 3.63) is 24.3 Å². The Kier molecular flexibility index (Phi) is 5.99. The van der Waals surface area contributed by atoms with E-state index in [9.17, 15) is 9.59 Å². The second-order valence-electron chi connectivity index (χ2n) is 4.82. The van der Waals surface area contributed by atoms with Gasteiger partial charge in [0.2, 0.25) is 11.8 Å². The predicted octanol–water partition coefficient (Wildman–Crippen LogP) is 0.863. The third-order valence-electron chi connectivity index (χ3n) is 2.77. The van der Waals surface area contributed by atoms with Crippen LogP contribution in [0.25, 0.3) is 0 Å². The maximum absolute atomic E-state index is 11.9. The fourth-order valence-corrected chi connectivity index (χ4v) is 1.48. The van der Waals surface area contributed by atoms with Gasteiger partial charge in [0.05, 0.1) is 24.8 Å². The summed E-state index contributed by atoms with van der Waals surface area (Å²) in [7, 11) is 0. The van der Waals surface area contributed by atoms with Crippen molar-refractivity contribution in [2.45, 2.75) is 26.3 Å². The van der Waals surface area contributed by atoms with E-state index in [2.05, 4.69) is 5.32 Å². The Hall–Kier alpha value is -2.08. The van der Waals surface area contributed by atoms with Crippen molar-refractivity contribution in [2.75, 3.05) is 11.9 Å². The number of nitrogens with two attached hydrogens (primary N) is 2. The number of hydrogen-bond acceptors (Lipinski definition) is 4. The summed E-state index contributed by atoms with van der Waals surface area (Å²) in [6, 6.07) is 6.38. The molecule has 2 amide bonds. The number of ether oxygens (including phenoxy) is 1. The normalized spacial score (nSPS) is 12.0. The molecule has 1 aromatic carbocycles. The molecule has 0 fully saturated rings. The largest absolute Gasteiger partial charge is 0.491 e. The van der Waals surface area contributed by atoms with Crippen molar-refractivity contribution in [2.24, 2.45) is 17.4 Å². The Morgan fingerprint density at radius 1 is 1.30 bits per heavy atom. The number of nitrogens with one attached hydrogen (secondary N) is 1. The van der Waals surface area contributed by atoms with E-state index in [1.807, 2.05) is 13.8 Å². The van der Waals surface area contributed by atoms with Crippen LogP contribution in [0.4, 0.5) is 5.69 Å². The molecule has 1 aromatic rings. The van der Waals surface area contributed by atoms with Crippen molar-refractivity contribution >= 4 is 17.5 Å². The average molecular weight is 279 g/mol. The Balaban J connectivity index is 2.70. The van der Waals surface area contributed by atoms with Gasteiger partial charge in [-0.2, -0.15) is 0 Å². The molecule has 0 aliphatic heterocycles. The molecule has 0 bridgehead atoms. The number of para-hydroxylation sites is 2. The lowest BCUT2D eigenvalue weighted by Crippen LogP contribution is -2.39. The van der Waals surface area contributed by atoms with Gasteiger partial charge in [0.25, 0.3) is 0 Å². The van der Waals surface area contributed by atoms with E-state index in [1.54, 1.807) is 24.3 Å². The first-order chi connectivity index (χ1) is 9.41. The van der Waals surface area contributed by atoms with Gasteiger partial charge in [-0.3, -0.25) is 9.59 Å². The average Bonchev–Trinajstić information content (AvgIpc) is 2.39. The van der Waals surface area contributed by atoms with Gasteiger partial charge in [0.1, 0.15) is 5.75 Å². The fraction of sp³-hybridized carbons (Fsp3) is 0.429. The van der Waals surface area contributed by atoms with E-state index < -0.39 is 11.9 Å². The number of benzene rings is 1. The van der Waals surface area contributed by atoms with Crippen LogP contribution in [0.3, 0.4) is 0 Å². The van der Waals surface area contributed by atoms with Crippen LogP contribution < -0.4 is 21.5 Å². The second kappa shape index (κ2) is 7.49. The molecule has 1 rings (SSSR count). The Labute approximate surface area is 118 Å². The minimum absolute atomic E-state index is 0.0398. The summed E-state index contributed by atoms with van der Waals surface area (Å²) in [6.07, 6.45) is 0.119. The van der Waals surface area contributed by atoms with E-state index in [4.69, 9.17) is 16.2 Å². The zero-order valence-corrected chi connectivity index (χ0v) is 11.8. The van der Waals surface area contributed by atoms with Gasteiger partial charge in [-0.15, -0.1) is 0 Å². The number of anilines is 1. The summed E-state index contributed by atoms with van der Waals surface area (Å²) < 4.78 is 5.43. The van der Waals surface area contributed by atoms with Crippen LogP contribution in [0, 0.1) is 5.92 Å². The first kappa shape index (κ1) is 16.0. The lowest BCUT2D eigenvalue weighted by molar-refractivity contribution is -0.119. The summed E-state index contributed by atoms with van der Waals surface area (Å²) in [5, 5.41) is 2.72. The van der Waals surface area contributed by atoms with Crippen LogP contribution in [0.1, 0.15) is 20.3 Å². The van der Waals surface area contributed by atoms with Crippen LogP contribution in [-0.2, 0) is 9.59 Å². The van der Waals surface area contributed by atoms with E-state index >= 15 is 0 Å². The minimum Gasteiger partial charge on any atom is -0.491 e. The van der Waals surface area contributed by atoms with Crippen LogP contribution >= 0.6 is 0 Å². The van der Waals surface area contributed by atoms with Gasteiger partial charge in [0.15, 0.2) is 0 Å². The quantitative estimate of drug-likeness (QED) is 0.688. The maximum atomic E-state index is 11.9. The van der Waals surface area contributed by atoms with E-state index in [0.29, 0.717) is 11.4 Å². The summed E-state index contributed by atoms with van der Waals surface area (Å²) in [4.78, 5) is 22.6. The van der Waals surface area contributed by atoms with Gasteiger partial charge < -0.3 is 21.5 Å². The number of rotatable bonds is 7. The standard InChI is InChI=1S/C14H21N3O3/c1-9(2)13(16)14(19)17-10-5-3-4-6-11(10)20-8-7-12(15)18/h3-6,9,13H,7-8,16H2,1-2H3,(H2,15,18)(H,17,19). The molecule has 1 unspecified atom stereocenters. The van der Waals surface area contributed by atoms with Crippen molar-refractivity contribution in [1.82, 2.24) is 0 Å². The molecule has 0 saturated heterocycles. The summed E-state index contributed by atoms with van der Waals surface area (Å²) in [5.41, 5.74) is 11.4. The Morgan fingerprint density at radius 3 is 2.55 bits per heavy atom.